The number of hydrogen-bond acceptors (Lipinski definition) is 2. The molecule has 0 radical (unpaired) electrons. The van der Waals surface area contributed by atoms with Gasteiger partial charge in [-0.2, -0.15) is 0 Å². The number of esters is 1. The molecule has 0 saturated carbocycles. The van der Waals surface area contributed by atoms with Crippen molar-refractivity contribution in [2.24, 2.45) is 0 Å². The van der Waals surface area contributed by atoms with Gasteiger partial charge in [-0.1, -0.05) is 121 Å². The van der Waals surface area contributed by atoms with Gasteiger partial charge in [0.1, 0.15) is 0 Å². The van der Waals surface area contributed by atoms with E-state index in [1.807, 2.05) is 61.5 Å². The highest BCUT2D eigenvalue weighted by Crippen LogP contribution is 2.44. The molecular weight excluding hydrogens is 423 g/mol. The van der Waals surface area contributed by atoms with Crippen LogP contribution in [-0.2, 0) is 9.53 Å². The van der Waals surface area contributed by atoms with Crippen LogP contribution in [0.4, 0.5) is 0 Å². The van der Waals surface area contributed by atoms with Crippen molar-refractivity contribution in [3.63, 3.8) is 0 Å². The van der Waals surface area contributed by atoms with Crippen LogP contribution < -0.4 is 15.9 Å². The van der Waals surface area contributed by atoms with Crippen LogP contribution in [0.3, 0.4) is 0 Å². The number of benzene rings is 4. The molecule has 3 heteroatoms. The van der Waals surface area contributed by atoms with Gasteiger partial charge in [0.25, 0.3) is 0 Å². The Morgan fingerprint density at radius 1 is 0.667 bits per heavy atom. The highest BCUT2D eigenvalue weighted by molar-refractivity contribution is 7.94. The molecule has 0 saturated heterocycles. The van der Waals surface area contributed by atoms with Crippen LogP contribution >= 0.6 is 6.89 Å². The van der Waals surface area contributed by atoms with Gasteiger partial charge >= 0.3 is 5.97 Å². The van der Waals surface area contributed by atoms with Gasteiger partial charge in [0.2, 0.25) is 0 Å². The van der Waals surface area contributed by atoms with Crippen molar-refractivity contribution in [3.05, 3.63) is 132 Å². The molecule has 0 amide bonds. The fraction of sp³-hybridized carbons (Fsp3) is 0.0667. The Balaban J connectivity index is 2.10. The zero-order valence-electron chi connectivity index (χ0n) is 18.7. The first-order chi connectivity index (χ1) is 16.2. The smallest absolute Gasteiger partial charge is 0.338 e. The van der Waals surface area contributed by atoms with Crippen LogP contribution in [-0.4, -0.2) is 18.4 Å². The summed E-state index contributed by atoms with van der Waals surface area (Å²) in [6.45, 7) is -0.153. The molecule has 0 heterocycles. The number of hydrogen-bond donors (Lipinski definition) is 0. The average molecular weight is 451 g/mol. The molecule has 0 aliphatic heterocycles. The van der Waals surface area contributed by atoms with Crippen molar-refractivity contribution in [3.8, 4) is 0 Å². The van der Waals surface area contributed by atoms with E-state index < -0.39 is 6.89 Å². The fourth-order valence-electron chi connectivity index (χ4n) is 3.96. The SMILES string of the molecule is CCOC(=O)/C(C=P(c1ccccc1)(c1ccccc1)c1ccccc1)=C/c1ccccc1. The minimum Gasteiger partial charge on any atom is -0.462 e. The first-order valence-electron chi connectivity index (χ1n) is 11.1. The van der Waals surface area contributed by atoms with Crippen LogP contribution in [0.2, 0.25) is 0 Å². The number of carbonyl (C=O) groups excluding carboxylic acids is 1. The largest absolute Gasteiger partial charge is 0.462 e. The van der Waals surface area contributed by atoms with Gasteiger partial charge in [-0.15, -0.1) is 0 Å². The Bertz CT molecular complexity index is 1160. The van der Waals surface area contributed by atoms with E-state index in [4.69, 9.17) is 4.74 Å². The van der Waals surface area contributed by atoms with E-state index in [0.717, 1.165) is 5.56 Å². The van der Waals surface area contributed by atoms with Crippen LogP contribution in [0.1, 0.15) is 12.5 Å². The predicted octanol–water partition coefficient (Wildman–Crippen LogP) is 5.43. The van der Waals surface area contributed by atoms with Crippen LogP contribution in [0.25, 0.3) is 6.08 Å². The van der Waals surface area contributed by atoms with Gasteiger partial charge < -0.3 is 4.74 Å². The number of carbonyl (C=O) groups is 1. The van der Waals surface area contributed by atoms with Crippen molar-refractivity contribution >= 4 is 40.6 Å². The molecule has 0 aliphatic carbocycles. The van der Waals surface area contributed by atoms with Crippen molar-refractivity contribution in [2.75, 3.05) is 6.61 Å². The van der Waals surface area contributed by atoms with Crippen LogP contribution in [0.15, 0.2) is 127 Å². The zero-order valence-corrected chi connectivity index (χ0v) is 19.6. The summed E-state index contributed by atoms with van der Waals surface area (Å²) in [5, 5.41) is 3.56. The van der Waals surface area contributed by atoms with E-state index in [-0.39, 0.29) is 5.97 Å². The summed E-state index contributed by atoms with van der Waals surface area (Å²) >= 11 is 0. The van der Waals surface area contributed by atoms with Gasteiger partial charge in [-0.3, -0.25) is 0 Å². The molecule has 0 N–H and O–H groups in total. The van der Waals surface area contributed by atoms with Gasteiger partial charge in [0, 0.05) is 0 Å². The Hall–Kier alpha value is -3.61. The molecule has 0 bridgehead atoms. The van der Waals surface area contributed by atoms with Gasteiger partial charge in [-0.05, 0) is 47.2 Å². The third-order valence-electron chi connectivity index (χ3n) is 5.46. The number of rotatable bonds is 7. The molecule has 4 aromatic carbocycles. The molecule has 164 valence electrons. The summed E-state index contributed by atoms with van der Waals surface area (Å²) in [7, 11) is 0. The van der Waals surface area contributed by atoms with E-state index in [0.29, 0.717) is 12.2 Å². The Labute approximate surface area is 196 Å². The standard InChI is InChI=1S/C30H27O2P/c1-2-32-30(31)26(23-25-15-7-3-8-16-25)24-33(27-17-9-4-10-18-27,28-19-11-5-12-20-28)29-21-13-6-14-22-29/h3-24H,2H2,1H3/b26-23+. The highest BCUT2D eigenvalue weighted by Gasteiger charge is 2.27. The van der Waals surface area contributed by atoms with Gasteiger partial charge in [-0.25, -0.2) is 4.79 Å². The molecule has 4 rings (SSSR count). The van der Waals surface area contributed by atoms with Crippen LogP contribution in [0, 0.1) is 0 Å². The quantitative estimate of drug-likeness (QED) is 0.213. The average Bonchev–Trinajstić information content (AvgIpc) is 2.89. The van der Waals surface area contributed by atoms with E-state index in [2.05, 4.69) is 78.6 Å². The second kappa shape index (κ2) is 10.8. The van der Waals surface area contributed by atoms with Crippen molar-refractivity contribution in [1.82, 2.24) is 0 Å². The maximum absolute atomic E-state index is 13.2. The van der Waals surface area contributed by atoms with Gasteiger partial charge in [0.05, 0.1) is 12.2 Å². The molecule has 0 aromatic heterocycles. The molecular formula is C30H27O2P. The topological polar surface area (TPSA) is 26.3 Å². The molecule has 33 heavy (non-hydrogen) atoms. The monoisotopic (exact) mass is 450 g/mol. The molecule has 4 aromatic rings. The lowest BCUT2D eigenvalue weighted by Gasteiger charge is -2.29. The normalized spacial score (nSPS) is 11.6. The first kappa shape index (κ1) is 22.6. The minimum absolute atomic E-state index is 0.312. The number of ether oxygens (including phenoxy) is 1. The lowest BCUT2D eigenvalue weighted by Crippen LogP contribution is -2.28. The maximum atomic E-state index is 13.2. The molecule has 0 aliphatic rings. The lowest BCUT2D eigenvalue weighted by molar-refractivity contribution is -0.137. The summed E-state index contributed by atoms with van der Waals surface area (Å²) in [6, 6.07) is 41.4. The Morgan fingerprint density at radius 3 is 1.45 bits per heavy atom. The second-order valence-electron chi connectivity index (χ2n) is 7.59. The molecule has 0 fully saturated rings. The summed E-state index contributed by atoms with van der Waals surface area (Å²) in [6.07, 6.45) is 1.93. The third-order valence-corrected chi connectivity index (χ3v) is 9.46. The molecule has 0 unspecified atom stereocenters. The Morgan fingerprint density at radius 2 is 1.06 bits per heavy atom. The summed E-state index contributed by atoms with van der Waals surface area (Å²) < 4.78 is 5.51. The van der Waals surface area contributed by atoms with Crippen LogP contribution in [0.5, 0.6) is 0 Å². The van der Waals surface area contributed by atoms with Crippen molar-refractivity contribution < 1.29 is 9.53 Å². The maximum Gasteiger partial charge on any atom is 0.338 e. The second-order valence-corrected chi connectivity index (χ2v) is 10.8. The fourth-order valence-corrected chi connectivity index (χ4v) is 7.83. The van der Waals surface area contributed by atoms with E-state index in [9.17, 15) is 4.79 Å². The highest BCUT2D eigenvalue weighted by atomic mass is 31.2. The van der Waals surface area contributed by atoms with Gasteiger partial charge in [0.15, 0.2) is 0 Å². The van der Waals surface area contributed by atoms with E-state index in [1.165, 1.54) is 15.9 Å². The molecule has 0 atom stereocenters. The van der Waals surface area contributed by atoms with Crippen molar-refractivity contribution in [1.29, 1.82) is 0 Å². The minimum atomic E-state index is -2.32. The first-order valence-corrected chi connectivity index (χ1v) is 12.9. The van der Waals surface area contributed by atoms with E-state index >= 15 is 0 Å². The lowest BCUT2D eigenvalue weighted by atomic mass is 10.1. The third kappa shape index (κ3) is 5.08. The van der Waals surface area contributed by atoms with E-state index in [1.54, 1.807) is 0 Å². The zero-order chi connectivity index (χ0) is 22.9. The summed E-state index contributed by atoms with van der Waals surface area (Å²) in [5.74, 6) is 1.85. The Kier molecular flexibility index (Phi) is 7.40. The summed E-state index contributed by atoms with van der Waals surface area (Å²) in [5.41, 5.74) is 1.53. The summed E-state index contributed by atoms with van der Waals surface area (Å²) in [4.78, 5) is 13.2. The molecule has 0 spiro atoms. The molecule has 2 nitrogen and oxygen atoms in total. The predicted molar refractivity (Wildman–Crippen MR) is 142 cm³/mol. The van der Waals surface area contributed by atoms with Crippen molar-refractivity contribution in [2.45, 2.75) is 6.92 Å².